The second-order valence-corrected chi connectivity index (χ2v) is 9.66. The highest BCUT2D eigenvalue weighted by Gasteiger charge is 2.40. The fourth-order valence-electron chi connectivity index (χ4n) is 4.75. The summed E-state index contributed by atoms with van der Waals surface area (Å²) in [5.74, 6) is -4.40. The smallest absolute Gasteiger partial charge is 0.305 e. The van der Waals surface area contributed by atoms with Crippen LogP contribution in [0.25, 0.3) is 0 Å². The highest BCUT2D eigenvalue weighted by atomic mass is 16.4. The van der Waals surface area contributed by atoms with E-state index in [9.17, 15) is 39.0 Å². The van der Waals surface area contributed by atoms with Crippen molar-refractivity contribution in [1.29, 1.82) is 0 Å². The molecule has 0 bridgehead atoms. The topological polar surface area (TPSA) is 211 Å². The van der Waals surface area contributed by atoms with E-state index in [-0.39, 0.29) is 12.3 Å². The maximum absolute atomic E-state index is 13.6. The number of amides is 5. The number of hydrogen-bond donors (Lipinski definition) is 6. The van der Waals surface area contributed by atoms with E-state index in [2.05, 4.69) is 16.0 Å². The lowest BCUT2D eigenvalue weighted by atomic mass is 10.1. The second kappa shape index (κ2) is 15.2. The van der Waals surface area contributed by atoms with Crippen LogP contribution in [0.1, 0.15) is 58.3 Å². The van der Waals surface area contributed by atoms with Crippen LogP contribution in [0, 0.1) is 0 Å². The summed E-state index contributed by atoms with van der Waals surface area (Å²) in [6, 6.07) is -4.64. The van der Waals surface area contributed by atoms with Gasteiger partial charge in [0.2, 0.25) is 29.5 Å². The molecule has 2 heterocycles. The predicted octanol–water partition coefficient (Wildman–Crippen LogP) is -2.33. The Labute approximate surface area is 221 Å². The van der Waals surface area contributed by atoms with Crippen LogP contribution in [0.4, 0.5) is 0 Å². The van der Waals surface area contributed by atoms with Gasteiger partial charge in [0, 0.05) is 26.6 Å². The number of nitrogens with two attached hydrogens (primary N) is 1. The fraction of sp³-hybridized carbons (Fsp3) is 0.750. The second-order valence-electron chi connectivity index (χ2n) is 9.66. The number of carbonyl (C=O) groups is 6. The Kier molecular flexibility index (Phi) is 12.4. The van der Waals surface area contributed by atoms with Crippen LogP contribution in [0.3, 0.4) is 0 Å². The van der Waals surface area contributed by atoms with E-state index in [1.807, 2.05) is 0 Å². The van der Waals surface area contributed by atoms with Crippen molar-refractivity contribution in [3.63, 3.8) is 0 Å². The van der Waals surface area contributed by atoms with E-state index in [1.54, 1.807) is 4.90 Å². The third-order valence-corrected chi connectivity index (χ3v) is 6.69. The van der Waals surface area contributed by atoms with Crippen molar-refractivity contribution in [2.75, 3.05) is 32.8 Å². The van der Waals surface area contributed by atoms with Gasteiger partial charge in [-0.15, -0.1) is 0 Å². The zero-order valence-corrected chi connectivity index (χ0v) is 21.8. The Balaban J connectivity index is 2.18. The number of nitrogens with zero attached hydrogens (tertiary/aromatic N) is 2. The van der Waals surface area contributed by atoms with Gasteiger partial charge in [-0.05, 0) is 51.5 Å². The van der Waals surface area contributed by atoms with Gasteiger partial charge < -0.3 is 41.7 Å². The molecule has 14 heteroatoms. The van der Waals surface area contributed by atoms with Gasteiger partial charge >= 0.3 is 5.97 Å². The van der Waals surface area contributed by atoms with Gasteiger partial charge in [-0.3, -0.25) is 28.8 Å². The number of carbonyl (C=O) groups excluding carboxylic acids is 5. The number of aliphatic hydroxyl groups excluding tert-OH is 1. The van der Waals surface area contributed by atoms with Crippen LogP contribution in [0.2, 0.25) is 0 Å². The molecule has 2 rings (SSSR count). The Morgan fingerprint density at radius 1 is 0.895 bits per heavy atom. The maximum Gasteiger partial charge on any atom is 0.305 e. The molecule has 214 valence electrons. The molecular formula is C24H40N6O8. The number of carboxylic acid groups (broad SMARTS) is 1. The summed E-state index contributed by atoms with van der Waals surface area (Å²) in [6.45, 7) is 2.40. The summed E-state index contributed by atoms with van der Waals surface area (Å²) in [4.78, 5) is 78.2. The largest absolute Gasteiger partial charge is 0.481 e. The monoisotopic (exact) mass is 540 g/mol. The molecule has 5 amide bonds. The van der Waals surface area contributed by atoms with Crippen molar-refractivity contribution < 1.29 is 39.0 Å². The molecule has 0 radical (unpaired) electrons. The van der Waals surface area contributed by atoms with E-state index in [0.717, 1.165) is 19.8 Å². The number of nitrogens with one attached hydrogen (secondary N) is 3. The van der Waals surface area contributed by atoms with Crippen molar-refractivity contribution >= 4 is 35.5 Å². The molecule has 0 aromatic heterocycles. The first-order chi connectivity index (χ1) is 18.1. The number of aliphatic hydroxyl groups is 1. The Hall–Kier alpha value is -3.26. The van der Waals surface area contributed by atoms with Gasteiger partial charge in [-0.25, -0.2) is 0 Å². The van der Waals surface area contributed by atoms with Crippen LogP contribution >= 0.6 is 0 Å². The van der Waals surface area contributed by atoms with Gasteiger partial charge in [-0.2, -0.15) is 0 Å². The van der Waals surface area contributed by atoms with Gasteiger partial charge in [-0.1, -0.05) is 0 Å². The molecule has 7 N–H and O–H groups in total. The fourth-order valence-corrected chi connectivity index (χ4v) is 4.75. The lowest BCUT2D eigenvalue weighted by Crippen LogP contribution is -2.59. The molecule has 0 unspecified atom stereocenters. The summed E-state index contributed by atoms with van der Waals surface area (Å²) in [5.41, 5.74) is 5.58. The van der Waals surface area contributed by atoms with Crippen LogP contribution in [-0.2, 0) is 28.8 Å². The molecule has 0 saturated carbocycles. The Morgan fingerprint density at radius 2 is 1.53 bits per heavy atom. The number of unbranched alkanes of at least 4 members (excludes halogenated alkanes) is 1. The zero-order chi connectivity index (χ0) is 28.2. The maximum atomic E-state index is 13.6. The number of hydrogen-bond acceptors (Lipinski definition) is 8. The first-order valence-electron chi connectivity index (χ1n) is 13.1. The summed E-state index contributed by atoms with van der Waals surface area (Å²) in [5, 5.41) is 25.7. The van der Waals surface area contributed by atoms with E-state index in [1.165, 1.54) is 4.90 Å². The van der Waals surface area contributed by atoms with Crippen LogP contribution < -0.4 is 21.7 Å². The minimum atomic E-state index is -1.58. The van der Waals surface area contributed by atoms with E-state index < -0.39 is 66.8 Å². The van der Waals surface area contributed by atoms with Crippen LogP contribution in [0.15, 0.2) is 0 Å². The molecule has 2 aliphatic heterocycles. The zero-order valence-electron chi connectivity index (χ0n) is 21.8. The standard InChI is InChI=1S/C24H40N6O8/c1-15(32)26-18(14-31)22(36)28-17(13-20(33)34)21(35)27-16(7-2-3-9-25)23(37)30-12-6-8-19(30)24(38)29-10-4-5-11-29/h16-19,31H,2-14,25H2,1H3,(H,26,32)(H,27,35)(H,28,36)(H,33,34)/t16-,17-,18-,19-/m0/s1. The lowest BCUT2D eigenvalue weighted by Gasteiger charge is -2.31. The van der Waals surface area contributed by atoms with Gasteiger partial charge in [0.15, 0.2) is 0 Å². The average molecular weight is 541 g/mol. The molecule has 0 spiro atoms. The average Bonchev–Trinajstić information content (AvgIpc) is 3.57. The molecule has 0 aromatic carbocycles. The van der Waals surface area contributed by atoms with Gasteiger partial charge in [0.25, 0.3) is 0 Å². The highest BCUT2D eigenvalue weighted by molar-refractivity contribution is 5.97. The predicted molar refractivity (Wildman–Crippen MR) is 134 cm³/mol. The van der Waals surface area contributed by atoms with Crippen molar-refractivity contribution in [2.24, 2.45) is 5.73 Å². The van der Waals surface area contributed by atoms with Crippen molar-refractivity contribution in [3.8, 4) is 0 Å². The first kappa shape index (κ1) is 31.0. The van der Waals surface area contributed by atoms with Gasteiger partial charge in [0.1, 0.15) is 24.2 Å². The lowest BCUT2D eigenvalue weighted by molar-refractivity contribution is -0.146. The van der Waals surface area contributed by atoms with Crippen molar-refractivity contribution in [1.82, 2.24) is 25.8 Å². The normalized spacial score (nSPS) is 19.4. The molecule has 2 aliphatic rings. The third-order valence-electron chi connectivity index (χ3n) is 6.69. The number of carboxylic acids is 1. The summed E-state index contributed by atoms with van der Waals surface area (Å²) in [6.07, 6.45) is 3.49. The molecule has 38 heavy (non-hydrogen) atoms. The quantitative estimate of drug-likeness (QED) is 0.130. The van der Waals surface area contributed by atoms with Gasteiger partial charge in [0.05, 0.1) is 13.0 Å². The number of aliphatic carboxylic acids is 1. The number of rotatable bonds is 14. The molecular weight excluding hydrogens is 500 g/mol. The highest BCUT2D eigenvalue weighted by Crippen LogP contribution is 2.23. The summed E-state index contributed by atoms with van der Waals surface area (Å²) >= 11 is 0. The minimum Gasteiger partial charge on any atom is -0.481 e. The molecule has 0 aliphatic carbocycles. The SMILES string of the molecule is CC(=O)N[C@@H](CO)C(=O)N[C@@H](CC(=O)O)C(=O)N[C@@H](CCCCN)C(=O)N1CCC[C@H]1C(=O)N1CCCC1. The van der Waals surface area contributed by atoms with Crippen LogP contribution in [0.5, 0.6) is 0 Å². The Bertz CT molecular complexity index is 878. The third kappa shape index (κ3) is 8.94. The molecule has 2 fully saturated rings. The summed E-state index contributed by atoms with van der Waals surface area (Å²) in [7, 11) is 0. The molecule has 14 nitrogen and oxygen atoms in total. The minimum absolute atomic E-state index is 0.107. The first-order valence-corrected chi connectivity index (χ1v) is 13.1. The van der Waals surface area contributed by atoms with E-state index in [0.29, 0.717) is 51.9 Å². The summed E-state index contributed by atoms with van der Waals surface area (Å²) < 4.78 is 0. The molecule has 4 atom stereocenters. The van der Waals surface area contributed by atoms with Crippen molar-refractivity contribution in [3.05, 3.63) is 0 Å². The van der Waals surface area contributed by atoms with E-state index >= 15 is 0 Å². The molecule has 0 aromatic rings. The Morgan fingerprint density at radius 3 is 2.11 bits per heavy atom. The van der Waals surface area contributed by atoms with Crippen molar-refractivity contribution in [2.45, 2.75) is 82.5 Å². The van der Waals surface area contributed by atoms with E-state index in [4.69, 9.17) is 5.73 Å². The van der Waals surface area contributed by atoms with Crippen LogP contribution in [-0.4, -0.2) is 112 Å². The number of likely N-dealkylation sites (tertiary alicyclic amines) is 2. The molecule has 2 saturated heterocycles.